The Morgan fingerprint density at radius 3 is 1.93 bits per heavy atom. The van der Waals surface area contributed by atoms with E-state index >= 15 is 0 Å². The predicted molar refractivity (Wildman–Crippen MR) is 185 cm³/mol. The van der Waals surface area contributed by atoms with Crippen LogP contribution in [0.25, 0.3) is 0 Å². The topological polar surface area (TPSA) is 102 Å². The second-order valence-electron chi connectivity index (χ2n) is 11.8. The quantitative estimate of drug-likeness (QED) is 0.0331. The van der Waals surface area contributed by atoms with E-state index in [0.717, 1.165) is 38.5 Å². The van der Waals surface area contributed by atoms with Crippen LogP contribution in [0.3, 0.4) is 0 Å². The van der Waals surface area contributed by atoms with Crippen LogP contribution in [0.1, 0.15) is 84.5 Å². The highest BCUT2D eigenvalue weighted by Crippen LogP contribution is 2.10. The SMILES string of the molecule is CC/C=C/C=C/C=C/C=C/C=C/CCCCCC(=O)OC(COCCC(C(=O)[O-])[N+](C)(C)C)COC(=O)CC/C=C/C/C=C/CC. The van der Waals surface area contributed by atoms with Gasteiger partial charge < -0.3 is 28.6 Å². The molecule has 2 atom stereocenters. The number of carbonyl (C=O) groups is 3. The molecule has 0 fully saturated rings. The summed E-state index contributed by atoms with van der Waals surface area (Å²) in [6.45, 7) is 4.20. The number of likely N-dealkylation sites (N-methyl/N-ethyl adjacent to an activating group) is 1. The van der Waals surface area contributed by atoms with Crippen LogP contribution in [-0.2, 0) is 28.6 Å². The summed E-state index contributed by atoms with van der Waals surface area (Å²) in [6, 6.07) is -0.743. The smallest absolute Gasteiger partial charge is 0.306 e. The molecule has 8 nitrogen and oxygen atoms in total. The summed E-state index contributed by atoms with van der Waals surface area (Å²) in [7, 11) is 5.34. The number of rotatable bonds is 27. The number of quaternary nitrogens is 1. The fourth-order valence-electron chi connectivity index (χ4n) is 4.09. The molecule has 2 unspecified atom stereocenters. The first kappa shape index (κ1) is 42.5. The van der Waals surface area contributed by atoms with Crippen LogP contribution in [0.5, 0.6) is 0 Å². The molecule has 0 N–H and O–H groups in total. The Bertz CT molecular complexity index is 1030. The predicted octanol–water partition coefficient (Wildman–Crippen LogP) is 6.51. The molecule has 0 aliphatic heterocycles. The molecular formula is C38H59NO7. The molecule has 258 valence electrons. The van der Waals surface area contributed by atoms with E-state index in [2.05, 4.69) is 38.2 Å². The van der Waals surface area contributed by atoms with Gasteiger partial charge in [0.05, 0.1) is 40.3 Å². The number of aliphatic carboxylic acids is 1. The molecule has 0 aromatic heterocycles. The largest absolute Gasteiger partial charge is 0.544 e. The van der Waals surface area contributed by atoms with Gasteiger partial charge in [0, 0.05) is 19.3 Å². The van der Waals surface area contributed by atoms with Gasteiger partial charge in [-0.15, -0.1) is 0 Å². The second kappa shape index (κ2) is 28.9. The lowest BCUT2D eigenvalue weighted by molar-refractivity contribution is -0.889. The van der Waals surface area contributed by atoms with Gasteiger partial charge in [-0.2, -0.15) is 0 Å². The molecule has 0 aromatic rings. The number of carbonyl (C=O) groups excluding carboxylic acids is 3. The lowest BCUT2D eigenvalue weighted by Crippen LogP contribution is -2.55. The lowest BCUT2D eigenvalue weighted by Gasteiger charge is -2.34. The van der Waals surface area contributed by atoms with Gasteiger partial charge in [-0.3, -0.25) is 9.59 Å². The van der Waals surface area contributed by atoms with Gasteiger partial charge in [-0.05, 0) is 44.9 Å². The Balaban J connectivity index is 4.63. The second-order valence-corrected chi connectivity index (χ2v) is 11.8. The molecule has 0 radical (unpaired) electrons. The number of hydrogen-bond acceptors (Lipinski definition) is 7. The van der Waals surface area contributed by atoms with E-state index in [9.17, 15) is 19.5 Å². The van der Waals surface area contributed by atoms with Gasteiger partial charge in [-0.1, -0.05) is 105 Å². The summed E-state index contributed by atoms with van der Waals surface area (Å²) in [4.78, 5) is 36.3. The maximum Gasteiger partial charge on any atom is 0.306 e. The molecule has 0 amide bonds. The molecule has 0 heterocycles. The Labute approximate surface area is 278 Å². The number of esters is 2. The van der Waals surface area contributed by atoms with E-state index in [0.29, 0.717) is 12.8 Å². The van der Waals surface area contributed by atoms with Gasteiger partial charge in [0.2, 0.25) is 0 Å². The van der Waals surface area contributed by atoms with Crippen LogP contribution in [-0.4, -0.2) is 75.5 Å². The van der Waals surface area contributed by atoms with Crippen LogP contribution < -0.4 is 5.11 Å². The van der Waals surface area contributed by atoms with E-state index in [1.807, 2.05) is 60.8 Å². The van der Waals surface area contributed by atoms with Crippen LogP contribution >= 0.6 is 0 Å². The minimum absolute atomic E-state index is 0.000704. The fraction of sp³-hybridized carbons (Fsp3) is 0.553. The average Bonchev–Trinajstić information content (AvgIpc) is 3.00. The van der Waals surface area contributed by atoms with Crippen LogP contribution in [0.15, 0.2) is 85.1 Å². The minimum atomic E-state index is -1.15. The highest BCUT2D eigenvalue weighted by atomic mass is 16.6. The van der Waals surface area contributed by atoms with E-state index in [4.69, 9.17) is 14.2 Å². The number of unbranched alkanes of at least 4 members (excludes halogenated alkanes) is 3. The molecular weight excluding hydrogens is 582 g/mol. The van der Waals surface area contributed by atoms with Crippen molar-refractivity contribution in [3.05, 3.63) is 85.1 Å². The molecule has 0 aliphatic rings. The molecule has 0 saturated heterocycles. The van der Waals surface area contributed by atoms with Gasteiger partial charge in [0.1, 0.15) is 12.6 Å². The maximum absolute atomic E-state index is 12.6. The monoisotopic (exact) mass is 641 g/mol. The molecule has 0 rings (SSSR count). The number of ether oxygens (including phenoxy) is 3. The summed E-state index contributed by atoms with van der Waals surface area (Å²) < 4.78 is 16.8. The van der Waals surface area contributed by atoms with E-state index < -0.39 is 18.1 Å². The number of carboxylic acid groups (broad SMARTS) is 1. The molecule has 0 bridgehead atoms. The first-order valence-corrected chi connectivity index (χ1v) is 16.7. The third-order valence-corrected chi connectivity index (χ3v) is 6.67. The van der Waals surface area contributed by atoms with E-state index in [1.165, 1.54) is 0 Å². The van der Waals surface area contributed by atoms with Crippen molar-refractivity contribution in [2.45, 2.75) is 96.6 Å². The summed E-state index contributed by atoms with van der Waals surface area (Å²) in [5, 5.41) is 11.5. The number of carboxylic acids is 1. The van der Waals surface area contributed by atoms with Gasteiger partial charge >= 0.3 is 11.9 Å². The lowest BCUT2D eigenvalue weighted by atomic mass is 10.1. The third kappa shape index (κ3) is 26.9. The summed E-state index contributed by atoms with van der Waals surface area (Å²) in [5.74, 6) is -1.91. The van der Waals surface area contributed by atoms with Crippen LogP contribution in [0.4, 0.5) is 0 Å². The highest BCUT2D eigenvalue weighted by molar-refractivity contribution is 5.70. The van der Waals surface area contributed by atoms with Gasteiger partial charge in [0.25, 0.3) is 0 Å². The summed E-state index contributed by atoms with van der Waals surface area (Å²) >= 11 is 0. The Hall–Kier alpha value is -3.49. The zero-order valence-corrected chi connectivity index (χ0v) is 28.9. The highest BCUT2D eigenvalue weighted by Gasteiger charge is 2.25. The normalized spacial score (nSPS) is 14.2. The minimum Gasteiger partial charge on any atom is -0.544 e. The molecule has 0 spiro atoms. The van der Waals surface area contributed by atoms with E-state index in [-0.39, 0.29) is 55.5 Å². The van der Waals surface area contributed by atoms with Crippen LogP contribution in [0.2, 0.25) is 0 Å². The van der Waals surface area contributed by atoms with Crippen molar-refractivity contribution in [1.82, 2.24) is 0 Å². The molecule has 0 aromatic carbocycles. The number of hydrogen-bond donors (Lipinski definition) is 0. The van der Waals surface area contributed by atoms with Crippen molar-refractivity contribution >= 4 is 17.9 Å². The molecule has 0 aliphatic carbocycles. The molecule has 0 saturated carbocycles. The van der Waals surface area contributed by atoms with Crippen molar-refractivity contribution in [2.75, 3.05) is 41.0 Å². The zero-order valence-electron chi connectivity index (χ0n) is 28.9. The Morgan fingerprint density at radius 2 is 1.30 bits per heavy atom. The van der Waals surface area contributed by atoms with Gasteiger partial charge in [0.15, 0.2) is 6.10 Å². The molecule has 8 heteroatoms. The van der Waals surface area contributed by atoms with Crippen molar-refractivity contribution in [3.8, 4) is 0 Å². The summed E-state index contributed by atoms with van der Waals surface area (Å²) in [5.41, 5.74) is 0. The van der Waals surface area contributed by atoms with Crippen molar-refractivity contribution in [1.29, 1.82) is 0 Å². The fourth-order valence-corrected chi connectivity index (χ4v) is 4.09. The Morgan fingerprint density at radius 1 is 0.674 bits per heavy atom. The summed E-state index contributed by atoms with van der Waals surface area (Å²) in [6.07, 6.45) is 35.1. The maximum atomic E-state index is 12.6. The van der Waals surface area contributed by atoms with Crippen molar-refractivity contribution < 1.29 is 38.2 Å². The first-order valence-electron chi connectivity index (χ1n) is 16.7. The first-order chi connectivity index (χ1) is 22.1. The zero-order chi connectivity index (χ0) is 34.3. The van der Waals surface area contributed by atoms with Gasteiger partial charge in [-0.25, -0.2) is 0 Å². The number of allylic oxidation sites excluding steroid dienone is 14. The average molecular weight is 642 g/mol. The standard InChI is InChI=1S/C38H59NO7/c1-6-8-10-12-14-15-16-17-18-19-20-21-23-25-27-29-37(41)46-34(32-44-31-30-35(38(42)43)39(3,4)5)33-45-36(40)28-26-24-22-13-11-9-7-2/h8-12,14-20,22,24,34-35H,6-7,13,21,23,25-33H2,1-5H3/b10-8+,11-9+,14-12+,16-15+,18-17+,20-19+,24-22+. The van der Waals surface area contributed by atoms with Crippen molar-refractivity contribution in [2.24, 2.45) is 0 Å². The van der Waals surface area contributed by atoms with E-state index in [1.54, 1.807) is 21.1 Å². The van der Waals surface area contributed by atoms with Crippen LogP contribution in [0, 0.1) is 0 Å². The molecule has 46 heavy (non-hydrogen) atoms. The van der Waals surface area contributed by atoms with Crippen molar-refractivity contribution in [3.63, 3.8) is 0 Å². The third-order valence-electron chi connectivity index (χ3n) is 6.67. The Kier molecular flexibility index (Phi) is 26.8. The number of nitrogens with zero attached hydrogens (tertiary/aromatic N) is 1.